The van der Waals surface area contributed by atoms with Gasteiger partial charge >= 0.3 is 0 Å². The first-order valence-corrected chi connectivity index (χ1v) is 9.96. The van der Waals surface area contributed by atoms with Crippen molar-refractivity contribution in [2.45, 2.75) is 78.5 Å². The molecule has 3 rings (SSSR count). The van der Waals surface area contributed by atoms with Crippen LogP contribution in [-0.4, -0.2) is 29.1 Å². The third-order valence-corrected chi connectivity index (χ3v) is 7.74. The van der Waals surface area contributed by atoms with E-state index in [0.29, 0.717) is 17.6 Å². The zero-order chi connectivity index (χ0) is 17.6. The van der Waals surface area contributed by atoms with Crippen LogP contribution in [0, 0.1) is 35.0 Å². The monoisotopic (exact) mass is 333 g/mol. The second-order valence-corrected chi connectivity index (χ2v) is 9.02. The van der Waals surface area contributed by atoms with Gasteiger partial charge in [-0.2, -0.15) is 0 Å². The van der Waals surface area contributed by atoms with E-state index in [-0.39, 0.29) is 29.3 Å². The van der Waals surface area contributed by atoms with E-state index >= 15 is 0 Å². The summed E-state index contributed by atoms with van der Waals surface area (Å²) < 4.78 is 0. The molecule has 0 radical (unpaired) electrons. The van der Waals surface area contributed by atoms with Gasteiger partial charge in [0.15, 0.2) is 5.78 Å². The summed E-state index contributed by atoms with van der Waals surface area (Å²) in [4.78, 5) is 12.9. The Balaban J connectivity index is 1.90. The molecule has 24 heavy (non-hydrogen) atoms. The molecule has 1 saturated carbocycles. The molecule has 0 bridgehead atoms. The maximum absolute atomic E-state index is 12.9. The van der Waals surface area contributed by atoms with Crippen molar-refractivity contribution >= 4 is 5.78 Å². The first kappa shape index (κ1) is 18.1. The number of hydrogen-bond donors (Lipinski definition) is 2. The summed E-state index contributed by atoms with van der Waals surface area (Å²) in [5, 5.41) is 14.4. The average molecular weight is 334 g/mol. The minimum atomic E-state index is -0.442. The fraction of sp³-hybridized carbons (Fsp3) is 0.857. The summed E-state index contributed by atoms with van der Waals surface area (Å²) in [6, 6.07) is 0.197. The topological polar surface area (TPSA) is 49.3 Å². The van der Waals surface area contributed by atoms with E-state index in [1.807, 2.05) is 6.08 Å². The van der Waals surface area contributed by atoms with Crippen molar-refractivity contribution in [1.82, 2.24) is 5.32 Å². The molecule has 3 nitrogen and oxygen atoms in total. The summed E-state index contributed by atoms with van der Waals surface area (Å²) in [5.41, 5.74) is -0.210. The molecule has 0 aromatic heterocycles. The van der Waals surface area contributed by atoms with E-state index in [9.17, 15) is 9.90 Å². The molecule has 2 N–H and O–H groups in total. The number of fused-ring (bicyclic) bond motifs is 1. The lowest BCUT2D eigenvalue weighted by molar-refractivity contribution is -0.130. The van der Waals surface area contributed by atoms with E-state index in [1.54, 1.807) is 0 Å². The summed E-state index contributed by atoms with van der Waals surface area (Å²) in [6.07, 6.45) is 8.33. The minimum absolute atomic E-state index is 0.00509. The number of Topliss-reactive ketones (excluding diaryl/α,β-unsaturated/α-hetero) is 1. The summed E-state index contributed by atoms with van der Waals surface area (Å²) >= 11 is 0. The van der Waals surface area contributed by atoms with Gasteiger partial charge in [-0.1, -0.05) is 46.3 Å². The van der Waals surface area contributed by atoms with Crippen LogP contribution in [0.2, 0.25) is 0 Å². The van der Waals surface area contributed by atoms with Gasteiger partial charge in [-0.15, -0.1) is 0 Å². The molecule has 0 aromatic rings. The molecule has 0 aromatic carbocycles. The Morgan fingerprint density at radius 2 is 2.04 bits per heavy atom. The van der Waals surface area contributed by atoms with Gasteiger partial charge in [-0.25, -0.2) is 0 Å². The number of carbonyl (C=O) groups excluding carboxylic acids is 1. The fourth-order valence-electron chi connectivity index (χ4n) is 6.06. The lowest BCUT2D eigenvalue weighted by atomic mass is 9.51. The molecular formula is C21H35NO2. The Labute approximate surface area is 147 Å². The first-order valence-electron chi connectivity index (χ1n) is 9.96. The van der Waals surface area contributed by atoms with Crippen molar-refractivity contribution in [2.24, 2.45) is 35.0 Å². The number of hydrogen-bond acceptors (Lipinski definition) is 3. The van der Waals surface area contributed by atoms with Crippen molar-refractivity contribution in [2.75, 3.05) is 0 Å². The summed E-state index contributed by atoms with van der Waals surface area (Å²) in [5.74, 6) is 2.38. The van der Waals surface area contributed by atoms with E-state index < -0.39 is 6.10 Å². The average Bonchev–Trinajstić information content (AvgIpc) is 2.84. The van der Waals surface area contributed by atoms with Gasteiger partial charge in [0, 0.05) is 17.4 Å². The van der Waals surface area contributed by atoms with E-state index in [0.717, 1.165) is 12.3 Å². The maximum Gasteiger partial charge on any atom is 0.154 e. The molecule has 1 aliphatic heterocycles. The van der Waals surface area contributed by atoms with Gasteiger partial charge in [-0.05, 0) is 49.9 Å². The number of aliphatic hydroxyl groups is 1. The highest BCUT2D eigenvalue weighted by molar-refractivity contribution is 5.89. The molecule has 3 heteroatoms. The van der Waals surface area contributed by atoms with Gasteiger partial charge < -0.3 is 10.4 Å². The zero-order valence-corrected chi connectivity index (χ0v) is 16.0. The number of rotatable bonds is 3. The molecule has 0 spiro atoms. The third-order valence-electron chi connectivity index (χ3n) is 7.74. The maximum atomic E-state index is 12.9. The number of aliphatic hydroxyl groups excluding tert-OH is 1. The van der Waals surface area contributed by atoms with Crippen LogP contribution in [0.4, 0.5) is 0 Å². The predicted octanol–water partition coefficient (Wildman–Crippen LogP) is 3.57. The zero-order valence-electron chi connectivity index (χ0n) is 16.0. The lowest BCUT2D eigenvalue weighted by Gasteiger charge is -2.54. The fourth-order valence-corrected chi connectivity index (χ4v) is 6.06. The van der Waals surface area contributed by atoms with Crippen LogP contribution in [0.5, 0.6) is 0 Å². The Morgan fingerprint density at radius 1 is 1.33 bits per heavy atom. The van der Waals surface area contributed by atoms with Gasteiger partial charge in [0.25, 0.3) is 0 Å². The highest BCUT2D eigenvalue weighted by Crippen LogP contribution is 2.55. The van der Waals surface area contributed by atoms with Crippen LogP contribution in [0.15, 0.2) is 12.2 Å². The van der Waals surface area contributed by atoms with E-state index in [4.69, 9.17) is 0 Å². The normalized spacial score (nSPS) is 49.9. The molecule has 2 aliphatic carbocycles. The van der Waals surface area contributed by atoms with Crippen LogP contribution in [-0.2, 0) is 4.79 Å². The smallest absolute Gasteiger partial charge is 0.154 e. The van der Waals surface area contributed by atoms with Crippen molar-refractivity contribution in [3.8, 4) is 0 Å². The molecular weight excluding hydrogens is 298 g/mol. The molecule has 1 saturated heterocycles. The van der Waals surface area contributed by atoms with Crippen LogP contribution in [0.25, 0.3) is 0 Å². The minimum Gasteiger partial charge on any atom is -0.388 e. The molecule has 9 atom stereocenters. The van der Waals surface area contributed by atoms with Gasteiger partial charge in [-0.3, -0.25) is 4.79 Å². The number of carbonyl (C=O) groups is 1. The highest BCUT2D eigenvalue weighted by atomic mass is 16.3. The predicted molar refractivity (Wildman–Crippen MR) is 97.6 cm³/mol. The van der Waals surface area contributed by atoms with Crippen LogP contribution >= 0.6 is 0 Å². The Morgan fingerprint density at radius 3 is 2.67 bits per heavy atom. The van der Waals surface area contributed by atoms with Crippen molar-refractivity contribution in [1.29, 1.82) is 0 Å². The number of nitrogens with one attached hydrogen (secondary N) is 1. The lowest BCUT2D eigenvalue weighted by Crippen LogP contribution is -2.53. The van der Waals surface area contributed by atoms with Crippen LogP contribution < -0.4 is 5.32 Å². The SMILES string of the molecule is CCC1NC(C)C(C(C)C2(C)C(O)C=CC3CC(C)CCC32)C1=O. The van der Waals surface area contributed by atoms with Crippen LogP contribution in [0.3, 0.4) is 0 Å². The van der Waals surface area contributed by atoms with Crippen molar-refractivity contribution < 1.29 is 9.90 Å². The Bertz CT molecular complexity index is 516. The quantitative estimate of drug-likeness (QED) is 0.776. The standard InChI is InChI=1S/C21H35NO2/c1-6-17-20(24)19(14(4)22-17)13(3)21(5)16-9-7-12(2)11-15(16)8-10-18(21)23/h8,10,12-19,22-23H,6-7,9,11H2,1-5H3. The van der Waals surface area contributed by atoms with Gasteiger partial charge in [0.1, 0.15) is 0 Å². The molecule has 1 heterocycles. The first-order chi connectivity index (χ1) is 11.3. The Kier molecular flexibility index (Phi) is 4.96. The molecule has 0 amide bonds. The Hall–Kier alpha value is -0.670. The van der Waals surface area contributed by atoms with Crippen molar-refractivity contribution in [3.63, 3.8) is 0 Å². The molecule has 136 valence electrons. The third kappa shape index (κ3) is 2.68. The summed E-state index contributed by atoms with van der Waals surface area (Å²) in [6.45, 7) is 11.0. The van der Waals surface area contributed by atoms with Gasteiger partial charge in [0.05, 0.1) is 12.1 Å². The van der Waals surface area contributed by atoms with Crippen molar-refractivity contribution in [3.05, 3.63) is 12.2 Å². The van der Waals surface area contributed by atoms with Gasteiger partial charge in [0.2, 0.25) is 0 Å². The molecule has 3 aliphatic rings. The van der Waals surface area contributed by atoms with E-state index in [1.165, 1.54) is 19.3 Å². The second-order valence-electron chi connectivity index (χ2n) is 9.02. The molecule has 2 fully saturated rings. The number of allylic oxidation sites excluding steroid dienone is 1. The largest absolute Gasteiger partial charge is 0.388 e. The molecule has 9 unspecified atom stereocenters. The van der Waals surface area contributed by atoms with Crippen LogP contribution in [0.1, 0.15) is 60.3 Å². The summed E-state index contributed by atoms with van der Waals surface area (Å²) in [7, 11) is 0. The second kappa shape index (κ2) is 6.57. The highest BCUT2D eigenvalue weighted by Gasteiger charge is 2.55. The number of ketones is 1. The van der Waals surface area contributed by atoms with E-state index in [2.05, 4.69) is 46.0 Å².